The van der Waals surface area contributed by atoms with E-state index in [1.807, 2.05) is 25.1 Å². The smallest absolute Gasteiger partial charge is 0.142 e. The van der Waals surface area contributed by atoms with Crippen LogP contribution in [0, 0.1) is 0 Å². The molecule has 1 unspecified atom stereocenters. The molecular weight excluding hydrogens is 186 g/mol. The topological polar surface area (TPSA) is 35.2 Å². The lowest BCUT2D eigenvalue weighted by Gasteiger charge is -2.32. The van der Waals surface area contributed by atoms with Crippen LogP contribution in [0.1, 0.15) is 18.9 Å². The highest BCUT2D eigenvalue weighted by atomic mass is 35.5. The van der Waals surface area contributed by atoms with Gasteiger partial charge in [-0.2, -0.15) is 0 Å². The fourth-order valence-corrected chi connectivity index (χ4v) is 1.83. The van der Waals surface area contributed by atoms with E-state index in [9.17, 15) is 0 Å². The Kier molecular flexibility index (Phi) is 1.97. The quantitative estimate of drug-likeness (QED) is 0.693. The van der Waals surface area contributed by atoms with Gasteiger partial charge in [-0.3, -0.25) is 0 Å². The summed E-state index contributed by atoms with van der Waals surface area (Å²) in [6.45, 7) is 2.65. The van der Waals surface area contributed by atoms with Crippen molar-refractivity contribution in [1.82, 2.24) is 0 Å². The molecule has 13 heavy (non-hydrogen) atoms. The van der Waals surface area contributed by atoms with Gasteiger partial charge < -0.3 is 10.5 Å². The van der Waals surface area contributed by atoms with Crippen LogP contribution < -0.4 is 10.5 Å². The van der Waals surface area contributed by atoms with Gasteiger partial charge in [0.05, 0.1) is 11.6 Å². The number of halogens is 1. The standard InChI is InChI=1S/C10H12ClNO/c1-10(12)5-6-13-9-7(10)3-2-4-8(9)11/h2-4H,5-6,12H2,1H3. The monoisotopic (exact) mass is 197 g/mol. The molecule has 3 heteroatoms. The summed E-state index contributed by atoms with van der Waals surface area (Å²) in [5, 5.41) is 0.647. The van der Waals surface area contributed by atoms with Crippen molar-refractivity contribution in [3.8, 4) is 5.75 Å². The Morgan fingerprint density at radius 3 is 3.00 bits per heavy atom. The van der Waals surface area contributed by atoms with Crippen LogP contribution >= 0.6 is 11.6 Å². The van der Waals surface area contributed by atoms with E-state index >= 15 is 0 Å². The van der Waals surface area contributed by atoms with Crippen LogP contribution in [-0.4, -0.2) is 6.61 Å². The second kappa shape index (κ2) is 2.89. The average Bonchev–Trinajstić information content (AvgIpc) is 2.06. The summed E-state index contributed by atoms with van der Waals surface area (Å²) in [6.07, 6.45) is 0.834. The maximum Gasteiger partial charge on any atom is 0.142 e. The number of hydrogen-bond acceptors (Lipinski definition) is 2. The highest BCUT2D eigenvalue weighted by Gasteiger charge is 2.30. The second-order valence-corrected chi connectivity index (χ2v) is 4.04. The first-order valence-electron chi connectivity index (χ1n) is 4.32. The summed E-state index contributed by atoms with van der Waals surface area (Å²) in [4.78, 5) is 0. The molecule has 1 aliphatic heterocycles. The molecular formula is C10H12ClNO. The van der Waals surface area contributed by atoms with Crippen LogP contribution in [0.15, 0.2) is 18.2 Å². The highest BCUT2D eigenvalue weighted by molar-refractivity contribution is 6.32. The van der Waals surface area contributed by atoms with Gasteiger partial charge in [0.15, 0.2) is 0 Å². The first-order chi connectivity index (χ1) is 6.11. The van der Waals surface area contributed by atoms with Crippen molar-refractivity contribution in [2.24, 2.45) is 5.73 Å². The lowest BCUT2D eigenvalue weighted by Crippen LogP contribution is -2.38. The van der Waals surface area contributed by atoms with E-state index in [0.717, 1.165) is 17.7 Å². The predicted octanol–water partition coefficient (Wildman–Crippen LogP) is 2.30. The molecule has 0 radical (unpaired) electrons. The molecule has 0 aliphatic carbocycles. The molecule has 1 aromatic rings. The van der Waals surface area contributed by atoms with E-state index in [0.29, 0.717) is 11.6 Å². The van der Waals surface area contributed by atoms with Crippen molar-refractivity contribution in [2.45, 2.75) is 18.9 Å². The average molecular weight is 198 g/mol. The maximum absolute atomic E-state index is 6.12. The summed E-state index contributed by atoms with van der Waals surface area (Å²) in [5.41, 5.74) is 6.82. The van der Waals surface area contributed by atoms with Crippen molar-refractivity contribution >= 4 is 11.6 Å². The lowest BCUT2D eigenvalue weighted by molar-refractivity contribution is 0.227. The third-order valence-corrected chi connectivity index (χ3v) is 2.75. The Balaban J connectivity index is 2.58. The maximum atomic E-state index is 6.12. The van der Waals surface area contributed by atoms with E-state index in [4.69, 9.17) is 22.1 Å². The van der Waals surface area contributed by atoms with Crippen LogP contribution in [0.3, 0.4) is 0 Å². The van der Waals surface area contributed by atoms with Crippen molar-refractivity contribution in [1.29, 1.82) is 0 Å². The zero-order valence-electron chi connectivity index (χ0n) is 7.51. The van der Waals surface area contributed by atoms with Gasteiger partial charge in [0, 0.05) is 17.5 Å². The molecule has 2 rings (SSSR count). The molecule has 0 bridgehead atoms. The minimum atomic E-state index is -0.307. The largest absolute Gasteiger partial charge is 0.492 e. The zero-order chi connectivity index (χ0) is 9.47. The van der Waals surface area contributed by atoms with Gasteiger partial charge in [-0.05, 0) is 13.0 Å². The third kappa shape index (κ3) is 1.40. The third-order valence-electron chi connectivity index (χ3n) is 2.45. The summed E-state index contributed by atoms with van der Waals surface area (Å²) >= 11 is 5.99. The number of hydrogen-bond donors (Lipinski definition) is 1. The predicted molar refractivity (Wildman–Crippen MR) is 53.1 cm³/mol. The molecule has 2 N–H and O–H groups in total. The Hall–Kier alpha value is -0.730. The molecule has 1 aromatic carbocycles. The number of fused-ring (bicyclic) bond motifs is 1. The van der Waals surface area contributed by atoms with Gasteiger partial charge >= 0.3 is 0 Å². The summed E-state index contributed by atoms with van der Waals surface area (Å²) in [5.74, 6) is 0.750. The molecule has 70 valence electrons. The SMILES string of the molecule is CC1(N)CCOc2c(Cl)cccc21. The van der Waals surface area contributed by atoms with Crippen LogP contribution in [0.5, 0.6) is 5.75 Å². The lowest BCUT2D eigenvalue weighted by atomic mass is 9.88. The van der Waals surface area contributed by atoms with Crippen LogP contribution in [0.4, 0.5) is 0 Å². The van der Waals surface area contributed by atoms with Gasteiger partial charge in [0.2, 0.25) is 0 Å². The number of nitrogens with two attached hydrogens (primary N) is 1. The van der Waals surface area contributed by atoms with Gasteiger partial charge in [-0.15, -0.1) is 0 Å². The molecule has 0 saturated carbocycles. The number of benzene rings is 1. The summed E-state index contributed by atoms with van der Waals surface area (Å²) < 4.78 is 5.48. The molecule has 0 fully saturated rings. The number of rotatable bonds is 0. The number of ether oxygens (including phenoxy) is 1. The second-order valence-electron chi connectivity index (χ2n) is 3.63. The first kappa shape index (κ1) is 8.85. The fraction of sp³-hybridized carbons (Fsp3) is 0.400. The Morgan fingerprint density at radius 1 is 1.54 bits per heavy atom. The van der Waals surface area contributed by atoms with Crippen LogP contribution in [0.2, 0.25) is 5.02 Å². The molecule has 0 aromatic heterocycles. The highest BCUT2D eigenvalue weighted by Crippen LogP contribution is 2.39. The molecule has 1 atom stereocenters. The van der Waals surface area contributed by atoms with Gasteiger partial charge in [0.1, 0.15) is 5.75 Å². The van der Waals surface area contributed by atoms with Crippen molar-refractivity contribution in [2.75, 3.05) is 6.61 Å². The zero-order valence-corrected chi connectivity index (χ0v) is 8.27. The molecule has 0 amide bonds. The van der Waals surface area contributed by atoms with Gasteiger partial charge in [-0.25, -0.2) is 0 Å². The summed E-state index contributed by atoms with van der Waals surface area (Å²) in [7, 11) is 0. The van der Waals surface area contributed by atoms with E-state index in [2.05, 4.69) is 0 Å². The van der Waals surface area contributed by atoms with Crippen molar-refractivity contribution in [3.05, 3.63) is 28.8 Å². The number of para-hydroxylation sites is 1. The Bertz CT molecular complexity index is 336. The van der Waals surface area contributed by atoms with E-state index in [-0.39, 0.29) is 5.54 Å². The van der Waals surface area contributed by atoms with E-state index in [1.165, 1.54) is 0 Å². The molecule has 1 aliphatic rings. The molecule has 0 spiro atoms. The van der Waals surface area contributed by atoms with Crippen molar-refractivity contribution < 1.29 is 4.74 Å². The van der Waals surface area contributed by atoms with Gasteiger partial charge in [0.25, 0.3) is 0 Å². The Labute approximate surface area is 82.6 Å². The minimum Gasteiger partial charge on any atom is -0.492 e. The Morgan fingerprint density at radius 2 is 2.31 bits per heavy atom. The van der Waals surface area contributed by atoms with E-state index < -0.39 is 0 Å². The van der Waals surface area contributed by atoms with E-state index in [1.54, 1.807) is 0 Å². The van der Waals surface area contributed by atoms with Crippen molar-refractivity contribution in [3.63, 3.8) is 0 Å². The summed E-state index contributed by atoms with van der Waals surface area (Å²) in [6, 6.07) is 5.70. The molecule has 2 nitrogen and oxygen atoms in total. The van der Waals surface area contributed by atoms with Gasteiger partial charge in [-0.1, -0.05) is 23.7 Å². The first-order valence-corrected chi connectivity index (χ1v) is 4.70. The van der Waals surface area contributed by atoms with Crippen LogP contribution in [0.25, 0.3) is 0 Å². The molecule has 0 saturated heterocycles. The van der Waals surface area contributed by atoms with Crippen LogP contribution in [-0.2, 0) is 5.54 Å². The normalized spacial score (nSPS) is 26.4. The minimum absolute atomic E-state index is 0.307. The molecule has 1 heterocycles. The fourth-order valence-electron chi connectivity index (χ4n) is 1.61.